The molecule has 0 radical (unpaired) electrons. The van der Waals surface area contributed by atoms with Gasteiger partial charge in [-0.05, 0) is 92.5 Å². The van der Waals surface area contributed by atoms with Crippen LogP contribution in [0.5, 0.6) is 0 Å². The Bertz CT molecular complexity index is 616. The first-order valence-corrected chi connectivity index (χ1v) is 9.09. The zero-order valence-electron chi connectivity index (χ0n) is 15.0. The molecule has 0 saturated heterocycles. The third kappa shape index (κ3) is 3.08. The van der Waals surface area contributed by atoms with E-state index < -0.39 is 0 Å². The molecule has 2 heteroatoms. The van der Waals surface area contributed by atoms with Gasteiger partial charge in [0.2, 0.25) is 0 Å². The molecule has 1 aromatic rings. The summed E-state index contributed by atoms with van der Waals surface area (Å²) < 4.78 is 0. The van der Waals surface area contributed by atoms with Crippen LogP contribution in [0.15, 0.2) is 30.0 Å². The largest absolute Gasteiger partial charge is 0.348 e. The highest BCUT2D eigenvalue weighted by Crippen LogP contribution is 2.53. The number of nitrogens with one attached hydrogen (secondary N) is 1. The molecule has 0 aromatic heterocycles. The Morgan fingerprint density at radius 3 is 2.57 bits per heavy atom. The van der Waals surface area contributed by atoms with Crippen LogP contribution in [0.4, 0.5) is 5.69 Å². The van der Waals surface area contributed by atoms with Crippen LogP contribution in [0.1, 0.15) is 44.2 Å². The second kappa shape index (κ2) is 6.51. The molecule has 0 amide bonds. The van der Waals surface area contributed by atoms with Crippen LogP contribution in [0, 0.1) is 42.9 Å². The Labute approximate surface area is 141 Å². The van der Waals surface area contributed by atoms with Crippen molar-refractivity contribution in [1.82, 2.24) is 0 Å². The molecule has 1 aromatic carbocycles. The molecular formula is C21H30N2. The molecule has 3 rings (SSSR count). The fraction of sp³-hybridized carbons (Fsp3) is 0.571. The van der Waals surface area contributed by atoms with E-state index in [-0.39, 0.29) is 0 Å². The lowest BCUT2D eigenvalue weighted by Crippen LogP contribution is -2.23. The maximum atomic E-state index is 7.96. The first-order chi connectivity index (χ1) is 11.0. The first kappa shape index (κ1) is 16.3. The molecule has 2 saturated carbocycles. The first-order valence-electron chi connectivity index (χ1n) is 9.09. The molecule has 0 spiro atoms. The van der Waals surface area contributed by atoms with Crippen molar-refractivity contribution in [2.45, 2.75) is 47.0 Å². The molecule has 1 N–H and O–H groups in total. The van der Waals surface area contributed by atoms with E-state index in [0.717, 1.165) is 24.3 Å². The Balaban J connectivity index is 1.86. The number of aryl methyl sites for hydroxylation is 2. The van der Waals surface area contributed by atoms with Crippen molar-refractivity contribution in [3.05, 3.63) is 41.1 Å². The average molecular weight is 310 g/mol. The number of hydrogen-bond donors (Lipinski definition) is 1. The van der Waals surface area contributed by atoms with Crippen molar-refractivity contribution in [2.75, 3.05) is 11.4 Å². The van der Waals surface area contributed by atoms with E-state index in [0.29, 0.717) is 5.92 Å². The van der Waals surface area contributed by atoms with E-state index in [1.807, 2.05) is 0 Å². The zero-order chi connectivity index (χ0) is 16.6. The van der Waals surface area contributed by atoms with Crippen LogP contribution in [-0.2, 0) is 0 Å². The van der Waals surface area contributed by atoms with Gasteiger partial charge >= 0.3 is 0 Å². The Morgan fingerprint density at radius 1 is 1.22 bits per heavy atom. The highest BCUT2D eigenvalue weighted by Gasteiger charge is 2.45. The van der Waals surface area contributed by atoms with E-state index in [2.05, 4.69) is 57.0 Å². The molecule has 2 bridgehead atoms. The van der Waals surface area contributed by atoms with Gasteiger partial charge in [0, 0.05) is 24.6 Å². The van der Waals surface area contributed by atoms with Crippen LogP contribution < -0.4 is 4.90 Å². The number of hydrogen-bond acceptors (Lipinski definition) is 2. The highest BCUT2D eigenvalue weighted by molar-refractivity contribution is 5.78. The minimum Gasteiger partial charge on any atom is -0.348 e. The number of fused-ring (bicyclic) bond motifs is 2. The van der Waals surface area contributed by atoms with Gasteiger partial charge in [-0.3, -0.25) is 0 Å². The van der Waals surface area contributed by atoms with Gasteiger partial charge in [-0.15, -0.1) is 0 Å². The lowest BCUT2D eigenvalue weighted by Gasteiger charge is -2.29. The topological polar surface area (TPSA) is 27.1 Å². The van der Waals surface area contributed by atoms with Crippen LogP contribution in [-0.4, -0.2) is 12.8 Å². The highest BCUT2D eigenvalue weighted by atomic mass is 15.1. The van der Waals surface area contributed by atoms with E-state index in [9.17, 15) is 0 Å². The third-order valence-corrected chi connectivity index (χ3v) is 6.21. The molecule has 4 unspecified atom stereocenters. The SMILES string of the molecule is CCN(/C=C(\C=N)C1CC2CC(C)C1C2)c1ccc(C)c(C)c1. The lowest BCUT2D eigenvalue weighted by molar-refractivity contribution is 0.291. The van der Waals surface area contributed by atoms with Crippen molar-refractivity contribution < 1.29 is 0 Å². The summed E-state index contributed by atoms with van der Waals surface area (Å²) in [6, 6.07) is 6.67. The van der Waals surface area contributed by atoms with E-state index >= 15 is 0 Å². The minimum absolute atomic E-state index is 0.599. The average Bonchev–Trinajstić information content (AvgIpc) is 3.10. The number of allylic oxidation sites excluding steroid dienone is 1. The molecule has 2 aliphatic carbocycles. The predicted molar refractivity (Wildman–Crippen MR) is 99.3 cm³/mol. The van der Waals surface area contributed by atoms with Gasteiger partial charge in [0.15, 0.2) is 0 Å². The zero-order valence-corrected chi connectivity index (χ0v) is 15.0. The molecule has 2 nitrogen and oxygen atoms in total. The van der Waals surface area contributed by atoms with Crippen molar-refractivity contribution in [1.29, 1.82) is 5.41 Å². The maximum Gasteiger partial charge on any atom is 0.0408 e. The standard InChI is InChI=1S/C21H30N2/c1-5-23(19-7-6-14(2)15(3)9-19)13-18(12-22)21-11-17-8-16(4)20(21)10-17/h6-7,9,12-13,16-17,20-22H,5,8,10-11H2,1-4H3/b18-13+,22-12?. The van der Waals surface area contributed by atoms with Gasteiger partial charge in [-0.25, -0.2) is 0 Å². The molecule has 2 aliphatic rings. The van der Waals surface area contributed by atoms with E-state index in [1.54, 1.807) is 6.21 Å². The van der Waals surface area contributed by atoms with Crippen molar-refractivity contribution in [3.8, 4) is 0 Å². The smallest absolute Gasteiger partial charge is 0.0408 e. The third-order valence-electron chi connectivity index (χ3n) is 6.21. The summed E-state index contributed by atoms with van der Waals surface area (Å²) in [5.41, 5.74) is 5.14. The van der Waals surface area contributed by atoms with Crippen LogP contribution >= 0.6 is 0 Å². The summed E-state index contributed by atoms with van der Waals surface area (Å²) in [5.74, 6) is 3.13. The van der Waals surface area contributed by atoms with Gasteiger partial charge in [-0.2, -0.15) is 0 Å². The second-order valence-electron chi connectivity index (χ2n) is 7.65. The summed E-state index contributed by atoms with van der Waals surface area (Å²) in [6.07, 6.45) is 7.94. The summed E-state index contributed by atoms with van der Waals surface area (Å²) in [5, 5.41) is 7.96. The number of anilines is 1. The summed E-state index contributed by atoms with van der Waals surface area (Å²) in [4.78, 5) is 2.31. The summed E-state index contributed by atoms with van der Waals surface area (Å²) >= 11 is 0. The molecule has 23 heavy (non-hydrogen) atoms. The number of benzene rings is 1. The Kier molecular flexibility index (Phi) is 4.61. The fourth-order valence-electron chi connectivity index (χ4n) is 4.76. The molecular weight excluding hydrogens is 280 g/mol. The molecule has 0 aliphatic heterocycles. The summed E-state index contributed by atoms with van der Waals surface area (Å²) in [7, 11) is 0. The van der Waals surface area contributed by atoms with Gasteiger partial charge in [-0.1, -0.05) is 13.0 Å². The normalized spacial score (nSPS) is 29.8. The Hall–Kier alpha value is -1.57. The summed E-state index contributed by atoms with van der Waals surface area (Å²) in [6.45, 7) is 9.86. The maximum absolute atomic E-state index is 7.96. The van der Waals surface area contributed by atoms with Crippen molar-refractivity contribution >= 4 is 11.9 Å². The van der Waals surface area contributed by atoms with Gasteiger partial charge in [0.1, 0.15) is 0 Å². The molecule has 4 atom stereocenters. The molecule has 2 fully saturated rings. The fourth-order valence-corrected chi connectivity index (χ4v) is 4.76. The molecule has 0 heterocycles. The van der Waals surface area contributed by atoms with E-state index in [4.69, 9.17) is 5.41 Å². The monoisotopic (exact) mass is 310 g/mol. The Morgan fingerprint density at radius 2 is 2.00 bits per heavy atom. The van der Waals surface area contributed by atoms with Crippen LogP contribution in [0.25, 0.3) is 0 Å². The lowest BCUT2D eigenvalue weighted by atomic mass is 9.78. The van der Waals surface area contributed by atoms with Crippen molar-refractivity contribution in [3.63, 3.8) is 0 Å². The van der Waals surface area contributed by atoms with Gasteiger partial charge in [0.25, 0.3) is 0 Å². The van der Waals surface area contributed by atoms with Gasteiger partial charge in [0.05, 0.1) is 0 Å². The minimum atomic E-state index is 0.599. The van der Waals surface area contributed by atoms with E-state index in [1.165, 1.54) is 41.6 Å². The van der Waals surface area contributed by atoms with Gasteiger partial charge < -0.3 is 10.3 Å². The number of rotatable bonds is 5. The quantitative estimate of drug-likeness (QED) is 0.730. The van der Waals surface area contributed by atoms with Crippen LogP contribution in [0.2, 0.25) is 0 Å². The number of nitrogens with zero attached hydrogens (tertiary/aromatic N) is 1. The van der Waals surface area contributed by atoms with Crippen LogP contribution in [0.3, 0.4) is 0 Å². The van der Waals surface area contributed by atoms with Crippen molar-refractivity contribution in [2.24, 2.45) is 23.7 Å². The second-order valence-corrected chi connectivity index (χ2v) is 7.65. The molecule has 124 valence electrons. The predicted octanol–water partition coefficient (Wildman–Crippen LogP) is 5.35.